The molecule has 0 bridgehead atoms. The van der Waals surface area contributed by atoms with Crippen LogP contribution < -0.4 is 21.3 Å². The van der Waals surface area contributed by atoms with E-state index < -0.39 is 5.95 Å². The van der Waals surface area contributed by atoms with E-state index in [-0.39, 0.29) is 23.9 Å². The molecule has 1 aliphatic rings. The van der Waals surface area contributed by atoms with Crippen LogP contribution in [0.1, 0.15) is 51.5 Å². The summed E-state index contributed by atoms with van der Waals surface area (Å²) in [5.74, 6) is 7.33. The Morgan fingerprint density at radius 2 is 2.12 bits per heavy atom. The quantitative estimate of drug-likeness (QED) is 0.359. The second kappa shape index (κ2) is 12.1. The lowest BCUT2D eigenvalue weighted by molar-refractivity contribution is -0.123. The Balaban J connectivity index is 1.70. The smallest absolute Gasteiger partial charge is 0.237 e. The monoisotopic (exact) mass is 453 g/mol. The zero-order chi connectivity index (χ0) is 23.6. The third-order valence-electron chi connectivity index (χ3n) is 5.57. The molecule has 0 saturated heterocycles. The Morgan fingerprint density at radius 1 is 1.27 bits per heavy atom. The summed E-state index contributed by atoms with van der Waals surface area (Å²) in [6.07, 6.45) is 7.88. The van der Waals surface area contributed by atoms with Crippen molar-refractivity contribution in [2.24, 2.45) is 5.92 Å². The predicted molar refractivity (Wildman–Crippen MR) is 128 cm³/mol. The molecule has 4 N–H and O–H groups in total. The van der Waals surface area contributed by atoms with Crippen molar-refractivity contribution in [2.75, 3.05) is 24.2 Å². The summed E-state index contributed by atoms with van der Waals surface area (Å²) in [5.41, 5.74) is 1.32. The highest BCUT2D eigenvalue weighted by molar-refractivity contribution is 5.81. The van der Waals surface area contributed by atoms with Crippen molar-refractivity contribution < 1.29 is 9.18 Å². The van der Waals surface area contributed by atoms with Crippen LogP contribution >= 0.6 is 0 Å². The minimum absolute atomic E-state index is 0.0232. The van der Waals surface area contributed by atoms with Crippen molar-refractivity contribution in [3.8, 4) is 11.8 Å². The Kier molecular flexibility index (Phi) is 8.95. The van der Waals surface area contributed by atoms with Crippen LogP contribution in [0.15, 0.2) is 24.5 Å². The van der Waals surface area contributed by atoms with Gasteiger partial charge in [0.05, 0.1) is 29.7 Å². The number of rotatable bonds is 8. The molecule has 1 amide bonds. The SMILES string of the molecule is CCCNc1nc(Nc2ccc(F)nc2)ncc1C#C[C@@H]1CCC[C@H](NC(=O)[C@H](C)NC)C1. The summed E-state index contributed by atoms with van der Waals surface area (Å²) >= 11 is 0. The molecule has 2 aromatic heterocycles. The van der Waals surface area contributed by atoms with Gasteiger partial charge in [0.1, 0.15) is 5.82 Å². The number of nitrogens with zero attached hydrogens (tertiary/aromatic N) is 3. The van der Waals surface area contributed by atoms with Gasteiger partial charge >= 0.3 is 0 Å². The minimum atomic E-state index is -0.543. The van der Waals surface area contributed by atoms with Gasteiger partial charge < -0.3 is 21.3 Å². The minimum Gasteiger partial charge on any atom is -0.369 e. The highest BCUT2D eigenvalue weighted by Crippen LogP contribution is 2.24. The lowest BCUT2D eigenvalue weighted by Gasteiger charge is -2.28. The number of pyridine rings is 1. The van der Waals surface area contributed by atoms with Crippen LogP contribution in [-0.2, 0) is 4.79 Å². The zero-order valence-corrected chi connectivity index (χ0v) is 19.4. The second-order valence-electron chi connectivity index (χ2n) is 8.23. The summed E-state index contributed by atoms with van der Waals surface area (Å²) in [4.78, 5) is 24.7. The molecule has 2 heterocycles. The van der Waals surface area contributed by atoms with Crippen LogP contribution in [0.25, 0.3) is 0 Å². The largest absolute Gasteiger partial charge is 0.369 e. The molecule has 0 spiro atoms. The molecule has 2 aromatic rings. The molecule has 1 saturated carbocycles. The molecule has 0 radical (unpaired) electrons. The van der Waals surface area contributed by atoms with Crippen molar-refractivity contribution in [1.29, 1.82) is 0 Å². The van der Waals surface area contributed by atoms with Gasteiger partial charge in [-0.15, -0.1) is 0 Å². The number of carbonyl (C=O) groups excluding carboxylic acids is 1. The molecule has 1 fully saturated rings. The van der Waals surface area contributed by atoms with Gasteiger partial charge in [-0.3, -0.25) is 4.79 Å². The molecule has 8 nitrogen and oxygen atoms in total. The van der Waals surface area contributed by atoms with Crippen molar-refractivity contribution >= 4 is 23.4 Å². The fourth-order valence-corrected chi connectivity index (χ4v) is 3.58. The Bertz CT molecular complexity index is 987. The number of nitrogens with one attached hydrogen (secondary N) is 4. The van der Waals surface area contributed by atoms with Gasteiger partial charge in [0, 0.05) is 18.5 Å². The summed E-state index contributed by atoms with van der Waals surface area (Å²) in [5, 5.41) is 12.4. The average Bonchev–Trinajstić information content (AvgIpc) is 2.83. The standard InChI is InChI=1S/C24H32FN7O/c1-4-12-27-22-18(14-29-24(32-22)31-20-10-11-21(25)28-15-20)9-8-17-6-5-7-19(13-17)30-23(33)16(2)26-3/h10-11,14-17,19,26H,4-7,12-13H2,1-3H3,(H,30,33)(H2,27,29,31,32)/t16-,17-,19-/m0/s1. The molecule has 0 unspecified atom stereocenters. The fraction of sp³-hybridized carbons (Fsp3) is 0.500. The van der Waals surface area contributed by atoms with Crippen molar-refractivity contribution in [2.45, 2.75) is 58.0 Å². The van der Waals surface area contributed by atoms with Gasteiger partial charge in [-0.1, -0.05) is 25.2 Å². The van der Waals surface area contributed by atoms with E-state index >= 15 is 0 Å². The van der Waals surface area contributed by atoms with Gasteiger partial charge in [-0.2, -0.15) is 9.37 Å². The van der Waals surface area contributed by atoms with Crippen molar-refractivity contribution in [3.63, 3.8) is 0 Å². The summed E-state index contributed by atoms with van der Waals surface area (Å²) in [6.45, 7) is 4.68. The Morgan fingerprint density at radius 3 is 2.85 bits per heavy atom. The number of carbonyl (C=O) groups is 1. The third-order valence-corrected chi connectivity index (χ3v) is 5.57. The van der Waals surface area contributed by atoms with E-state index in [1.54, 1.807) is 19.3 Å². The van der Waals surface area contributed by atoms with Gasteiger partial charge in [0.25, 0.3) is 0 Å². The van der Waals surface area contributed by atoms with Crippen molar-refractivity contribution in [3.05, 3.63) is 36.0 Å². The lowest BCUT2D eigenvalue weighted by atomic mass is 9.86. The van der Waals surface area contributed by atoms with E-state index in [0.717, 1.165) is 44.2 Å². The maximum atomic E-state index is 13.0. The highest BCUT2D eigenvalue weighted by atomic mass is 19.1. The van der Waals surface area contributed by atoms with Crippen LogP contribution in [-0.4, -0.2) is 46.5 Å². The van der Waals surface area contributed by atoms with E-state index in [9.17, 15) is 9.18 Å². The molecule has 0 aliphatic heterocycles. The van der Waals surface area contributed by atoms with Crippen LogP contribution in [0.5, 0.6) is 0 Å². The number of amides is 1. The lowest BCUT2D eigenvalue weighted by Crippen LogP contribution is -2.46. The maximum Gasteiger partial charge on any atom is 0.237 e. The van der Waals surface area contributed by atoms with Crippen LogP contribution in [0.2, 0.25) is 0 Å². The van der Waals surface area contributed by atoms with E-state index in [1.165, 1.54) is 12.3 Å². The number of aromatic nitrogens is 3. The average molecular weight is 454 g/mol. The first-order valence-electron chi connectivity index (χ1n) is 11.5. The molecule has 176 valence electrons. The fourth-order valence-electron chi connectivity index (χ4n) is 3.58. The third kappa shape index (κ3) is 7.39. The molecule has 9 heteroatoms. The molecule has 0 aromatic carbocycles. The summed E-state index contributed by atoms with van der Waals surface area (Å²) < 4.78 is 13.0. The van der Waals surface area contributed by atoms with E-state index in [0.29, 0.717) is 17.5 Å². The number of likely N-dealkylation sites (N-methyl/N-ethyl adjacent to an activating group) is 1. The molecule has 3 rings (SSSR count). The molecule has 3 atom stereocenters. The van der Waals surface area contributed by atoms with Gasteiger partial charge in [0.2, 0.25) is 17.8 Å². The van der Waals surface area contributed by atoms with Crippen LogP contribution in [0.4, 0.5) is 21.8 Å². The topological polar surface area (TPSA) is 104 Å². The second-order valence-corrected chi connectivity index (χ2v) is 8.23. The van der Waals surface area contributed by atoms with E-state index in [1.807, 2.05) is 6.92 Å². The zero-order valence-electron chi connectivity index (χ0n) is 19.4. The molecule has 33 heavy (non-hydrogen) atoms. The summed E-state index contributed by atoms with van der Waals surface area (Å²) in [7, 11) is 1.78. The summed E-state index contributed by atoms with van der Waals surface area (Å²) in [6, 6.07) is 2.79. The first-order valence-corrected chi connectivity index (χ1v) is 11.5. The predicted octanol–water partition coefficient (Wildman–Crippen LogP) is 3.21. The van der Waals surface area contributed by atoms with Gasteiger partial charge in [0.15, 0.2) is 0 Å². The molecular weight excluding hydrogens is 421 g/mol. The number of halogens is 1. The Hall–Kier alpha value is -3.25. The number of hydrogen-bond donors (Lipinski definition) is 4. The number of anilines is 3. The van der Waals surface area contributed by atoms with E-state index in [2.05, 4.69) is 55.0 Å². The maximum absolute atomic E-state index is 13.0. The Labute approximate surface area is 194 Å². The molecular formula is C24H32FN7O. The first kappa shape index (κ1) is 24.4. The van der Waals surface area contributed by atoms with Gasteiger partial charge in [-0.25, -0.2) is 9.97 Å². The number of hydrogen-bond acceptors (Lipinski definition) is 7. The first-order chi connectivity index (χ1) is 16.0. The van der Waals surface area contributed by atoms with Gasteiger partial charge in [-0.05, 0) is 51.8 Å². The van der Waals surface area contributed by atoms with Crippen molar-refractivity contribution in [1.82, 2.24) is 25.6 Å². The van der Waals surface area contributed by atoms with Crippen LogP contribution in [0.3, 0.4) is 0 Å². The van der Waals surface area contributed by atoms with E-state index in [4.69, 9.17) is 0 Å². The normalized spacial score (nSPS) is 18.5. The highest BCUT2D eigenvalue weighted by Gasteiger charge is 2.23. The molecule has 1 aliphatic carbocycles. The van der Waals surface area contributed by atoms with Crippen LogP contribution in [0, 0.1) is 23.7 Å².